The van der Waals surface area contributed by atoms with Gasteiger partial charge in [0.05, 0.1) is 0 Å². The van der Waals surface area contributed by atoms with E-state index < -0.39 is 58.4 Å². The molecule has 0 aromatic heterocycles. The van der Waals surface area contributed by atoms with Crippen molar-refractivity contribution in [2.75, 3.05) is 18.5 Å². The third kappa shape index (κ3) is 4.31. The summed E-state index contributed by atoms with van der Waals surface area (Å²) in [6.45, 7) is -0.210. The number of hydrogen-bond acceptors (Lipinski definition) is 3. The fourth-order valence-corrected chi connectivity index (χ4v) is 2.76. The normalized spacial score (nSPS) is 16.3. The number of alkyl halides is 17. The van der Waals surface area contributed by atoms with E-state index in [-0.39, 0.29) is 24.7 Å². The van der Waals surface area contributed by atoms with Gasteiger partial charge in [-0.05, 0) is 23.7 Å². The maximum atomic E-state index is 14.0. The van der Waals surface area contributed by atoms with Crippen LogP contribution in [0.1, 0.15) is 0 Å². The minimum Gasteiger partial charge on any atom is -0.486 e. The van der Waals surface area contributed by atoms with Gasteiger partial charge in [0.25, 0.3) is 0 Å². The van der Waals surface area contributed by atoms with E-state index in [0.29, 0.717) is 12.1 Å². The molecule has 0 radical (unpaired) electrons. The lowest BCUT2D eigenvalue weighted by Gasteiger charge is -2.42. The molecular weight excluding hydrogens is 606 g/mol. The van der Waals surface area contributed by atoms with Gasteiger partial charge in [0.1, 0.15) is 13.2 Å². The number of rotatable bonds is 9. The fourth-order valence-electron chi connectivity index (χ4n) is 2.64. The molecular formula is C17H8ClF16NO3. The molecule has 1 heterocycles. The van der Waals surface area contributed by atoms with Gasteiger partial charge in [0.15, 0.2) is 11.5 Å². The Morgan fingerprint density at radius 2 is 1.03 bits per heavy atom. The van der Waals surface area contributed by atoms with Crippen LogP contribution in [0.3, 0.4) is 0 Å². The van der Waals surface area contributed by atoms with Gasteiger partial charge in [0, 0.05) is 11.8 Å². The second kappa shape index (κ2) is 9.00. The number of benzene rings is 1. The first-order chi connectivity index (χ1) is 16.7. The zero-order valence-corrected chi connectivity index (χ0v) is 18.1. The van der Waals surface area contributed by atoms with Gasteiger partial charge < -0.3 is 14.8 Å². The molecule has 0 bridgehead atoms. The number of amides is 1. The molecule has 1 amide bonds. The van der Waals surface area contributed by atoms with Gasteiger partial charge in [-0.3, -0.25) is 4.79 Å². The number of anilines is 1. The molecule has 0 unspecified atom stereocenters. The van der Waals surface area contributed by atoms with Crippen LogP contribution in [0, 0.1) is 0 Å². The monoisotopic (exact) mass is 613 g/mol. The summed E-state index contributed by atoms with van der Waals surface area (Å²) >= 11 is 3.44. The average molecular weight is 614 g/mol. The van der Waals surface area contributed by atoms with Crippen molar-refractivity contribution >= 4 is 23.2 Å². The molecule has 21 heteroatoms. The highest BCUT2D eigenvalue weighted by atomic mass is 35.5. The quantitative estimate of drug-likeness (QED) is 0.250. The molecule has 0 aliphatic carbocycles. The summed E-state index contributed by atoms with van der Waals surface area (Å²) < 4.78 is 226. The summed E-state index contributed by atoms with van der Waals surface area (Å²) in [5, 5.41) is -6.05. The zero-order chi connectivity index (χ0) is 30.0. The van der Waals surface area contributed by atoms with Crippen molar-refractivity contribution in [1.29, 1.82) is 0 Å². The van der Waals surface area contributed by atoms with Crippen LogP contribution in [0.2, 0.25) is 0 Å². The van der Waals surface area contributed by atoms with Gasteiger partial charge >= 0.3 is 52.7 Å². The van der Waals surface area contributed by atoms with Crippen LogP contribution in [0.4, 0.5) is 75.9 Å². The lowest BCUT2D eigenvalue weighted by atomic mass is 9.89. The Morgan fingerprint density at radius 3 is 1.47 bits per heavy atom. The van der Waals surface area contributed by atoms with Gasteiger partial charge in [-0.25, -0.2) is 0 Å². The number of fused-ring (bicyclic) bond motifs is 1. The highest BCUT2D eigenvalue weighted by molar-refractivity contribution is 6.22. The number of carbonyl (C=O) groups is 1. The number of nitrogens with one attached hydrogen (secondary N) is 1. The first-order valence-corrected chi connectivity index (χ1v) is 9.52. The standard InChI is InChI=1S/C17H8ClF16NO3/c18-17(33,34)16(31,32)15(29,30)14(27,28)13(25,26)12(23,24)11(21,22)10(19,20)9(36)35-6-1-2-7-8(5-6)38-4-3-37-7/h1-2,5H,3-4H2,(H,35,36). The molecule has 1 aromatic carbocycles. The van der Waals surface area contributed by atoms with E-state index in [0.717, 1.165) is 11.4 Å². The highest BCUT2D eigenvalue weighted by Gasteiger charge is 2.95. The lowest BCUT2D eigenvalue weighted by molar-refractivity contribution is -0.445. The molecule has 1 aliphatic rings. The van der Waals surface area contributed by atoms with Crippen molar-refractivity contribution < 1.29 is 84.5 Å². The van der Waals surface area contributed by atoms with E-state index in [2.05, 4.69) is 11.6 Å². The molecule has 218 valence electrons. The van der Waals surface area contributed by atoms with Crippen LogP contribution in [0.5, 0.6) is 11.5 Å². The third-order valence-electron chi connectivity index (χ3n) is 4.81. The molecule has 1 aliphatic heterocycles. The van der Waals surface area contributed by atoms with Crippen molar-refractivity contribution in [3.8, 4) is 11.5 Å². The first kappa shape index (κ1) is 31.7. The fraction of sp³-hybridized carbons (Fsp3) is 0.588. The van der Waals surface area contributed by atoms with E-state index >= 15 is 0 Å². The molecule has 1 N–H and O–H groups in total. The SMILES string of the molecule is O=C(Nc1ccc2c(c1)OCCO2)C(F)(F)C(F)(F)C(F)(F)C(F)(F)C(F)(F)C(F)(F)C(F)(F)C(F)(F)Cl. The minimum atomic E-state index is -8.65. The molecule has 1 aromatic rings. The minimum absolute atomic E-state index is 0.0373. The van der Waals surface area contributed by atoms with Crippen LogP contribution < -0.4 is 14.8 Å². The molecule has 0 fully saturated rings. The van der Waals surface area contributed by atoms with Gasteiger partial charge in [0.2, 0.25) is 0 Å². The average Bonchev–Trinajstić information content (AvgIpc) is 2.77. The van der Waals surface area contributed by atoms with Crippen LogP contribution in [0.25, 0.3) is 0 Å². The summed E-state index contributed by atoms with van der Waals surface area (Å²) in [7, 11) is 0. The molecule has 2 rings (SSSR count). The van der Waals surface area contributed by atoms with Gasteiger partial charge in [-0.2, -0.15) is 70.2 Å². The van der Waals surface area contributed by atoms with Gasteiger partial charge in [-0.15, -0.1) is 0 Å². The largest absolute Gasteiger partial charge is 0.486 e. The topological polar surface area (TPSA) is 47.6 Å². The predicted molar refractivity (Wildman–Crippen MR) is 91.5 cm³/mol. The van der Waals surface area contributed by atoms with Crippen molar-refractivity contribution in [2.24, 2.45) is 0 Å². The predicted octanol–water partition coefficient (Wildman–Crippen LogP) is 6.68. The summed E-state index contributed by atoms with van der Waals surface area (Å²) in [4.78, 5) is 11.6. The van der Waals surface area contributed by atoms with E-state index in [4.69, 9.17) is 9.47 Å². The van der Waals surface area contributed by atoms with Crippen LogP contribution >= 0.6 is 11.6 Å². The maximum absolute atomic E-state index is 14.0. The van der Waals surface area contributed by atoms with Crippen LogP contribution in [-0.4, -0.2) is 66.0 Å². The number of carbonyl (C=O) groups excluding carboxylic acids is 1. The van der Waals surface area contributed by atoms with E-state index in [9.17, 15) is 75.0 Å². The lowest BCUT2D eigenvalue weighted by Crippen LogP contribution is -2.75. The third-order valence-corrected chi connectivity index (χ3v) is 5.04. The smallest absolute Gasteiger partial charge is 0.393 e. The van der Waals surface area contributed by atoms with Crippen molar-refractivity contribution in [3.05, 3.63) is 18.2 Å². The van der Waals surface area contributed by atoms with Gasteiger partial charge in [-0.1, -0.05) is 0 Å². The second-order valence-corrected chi connectivity index (χ2v) is 7.81. The van der Waals surface area contributed by atoms with Crippen LogP contribution in [-0.2, 0) is 4.79 Å². The molecule has 38 heavy (non-hydrogen) atoms. The summed E-state index contributed by atoms with van der Waals surface area (Å²) in [6, 6.07) is 2.00. The Hall–Kier alpha value is -2.54. The Balaban J connectivity index is 2.49. The molecule has 4 nitrogen and oxygen atoms in total. The zero-order valence-electron chi connectivity index (χ0n) is 17.3. The Morgan fingerprint density at radius 1 is 0.632 bits per heavy atom. The Bertz CT molecular complexity index is 1070. The van der Waals surface area contributed by atoms with E-state index in [1.807, 2.05) is 0 Å². The summed E-state index contributed by atoms with van der Waals surface area (Å²) in [5.41, 5.74) is -0.981. The van der Waals surface area contributed by atoms with E-state index in [1.54, 1.807) is 0 Å². The van der Waals surface area contributed by atoms with Crippen LogP contribution in [0.15, 0.2) is 18.2 Å². The maximum Gasteiger partial charge on any atom is 0.393 e. The highest BCUT2D eigenvalue weighted by Crippen LogP contribution is 2.64. The molecule has 0 saturated carbocycles. The first-order valence-electron chi connectivity index (χ1n) is 9.14. The molecule has 0 spiro atoms. The van der Waals surface area contributed by atoms with Crippen molar-refractivity contribution in [3.63, 3.8) is 0 Å². The van der Waals surface area contributed by atoms with Crippen molar-refractivity contribution in [1.82, 2.24) is 0 Å². The Labute approximate surface area is 203 Å². The molecule has 0 atom stereocenters. The molecule has 0 saturated heterocycles. The Kier molecular flexibility index (Phi) is 7.51. The summed E-state index contributed by atoms with van der Waals surface area (Å²) in [6.07, 6.45) is 0. The second-order valence-electron chi connectivity index (χ2n) is 7.33. The summed E-state index contributed by atoms with van der Waals surface area (Å²) in [5.74, 6) is -61.2. The van der Waals surface area contributed by atoms with E-state index in [1.165, 1.54) is 0 Å². The van der Waals surface area contributed by atoms with Crippen molar-refractivity contribution in [2.45, 2.75) is 46.8 Å². The number of halogens is 17. The number of hydrogen-bond donors (Lipinski definition) is 1. The number of ether oxygens (including phenoxy) is 2.